The first-order valence-corrected chi connectivity index (χ1v) is 11.5. The third kappa shape index (κ3) is 7.42. The third-order valence-electron chi connectivity index (χ3n) is 5.67. The van der Waals surface area contributed by atoms with Crippen molar-refractivity contribution in [1.29, 1.82) is 0 Å². The SMILES string of the molecule is CCC[C@H]1COC[C@H](NC(=O)c2nccc(OC)c2OC(C)=O)C(=O)O[C@@H](C)[C@@H]1CC(C)C. The van der Waals surface area contributed by atoms with Crippen LogP contribution in [0, 0.1) is 17.8 Å². The highest BCUT2D eigenvalue weighted by molar-refractivity contribution is 5.98. The third-order valence-corrected chi connectivity index (χ3v) is 5.67. The minimum absolute atomic E-state index is 0.0290. The average Bonchev–Trinajstić information content (AvgIpc) is 2.79. The fourth-order valence-corrected chi connectivity index (χ4v) is 4.18. The first-order chi connectivity index (χ1) is 15.7. The zero-order valence-corrected chi connectivity index (χ0v) is 20.4. The van der Waals surface area contributed by atoms with Gasteiger partial charge in [-0.3, -0.25) is 9.59 Å². The van der Waals surface area contributed by atoms with Gasteiger partial charge in [0.25, 0.3) is 5.91 Å². The molecule has 184 valence electrons. The van der Waals surface area contributed by atoms with Crippen LogP contribution in [-0.4, -0.2) is 55.3 Å². The van der Waals surface area contributed by atoms with E-state index in [1.54, 1.807) is 0 Å². The first kappa shape index (κ1) is 26.6. The van der Waals surface area contributed by atoms with Gasteiger partial charge in [0.2, 0.25) is 5.75 Å². The lowest BCUT2D eigenvalue weighted by molar-refractivity contribution is -0.154. The Balaban J connectivity index is 2.24. The molecule has 1 aliphatic rings. The Kier molecular flexibility index (Phi) is 10.1. The van der Waals surface area contributed by atoms with E-state index in [2.05, 4.69) is 31.1 Å². The van der Waals surface area contributed by atoms with E-state index in [4.69, 9.17) is 18.9 Å². The highest BCUT2D eigenvalue weighted by atomic mass is 16.6. The number of aromatic nitrogens is 1. The topological polar surface area (TPSA) is 113 Å². The zero-order valence-electron chi connectivity index (χ0n) is 20.4. The molecule has 1 saturated heterocycles. The van der Waals surface area contributed by atoms with Gasteiger partial charge in [0, 0.05) is 31.7 Å². The number of pyridine rings is 1. The maximum atomic E-state index is 13.0. The molecule has 1 amide bonds. The van der Waals surface area contributed by atoms with E-state index < -0.39 is 23.9 Å². The van der Waals surface area contributed by atoms with Crippen molar-refractivity contribution >= 4 is 17.8 Å². The summed E-state index contributed by atoms with van der Waals surface area (Å²) in [5, 5.41) is 2.62. The summed E-state index contributed by atoms with van der Waals surface area (Å²) >= 11 is 0. The molecule has 1 aromatic rings. The summed E-state index contributed by atoms with van der Waals surface area (Å²) in [7, 11) is 1.38. The molecule has 1 aromatic heterocycles. The highest BCUT2D eigenvalue weighted by Gasteiger charge is 2.35. The van der Waals surface area contributed by atoms with E-state index in [9.17, 15) is 14.4 Å². The molecule has 0 bridgehead atoms. The lowest BCUT2D eigenvalue weighted by Gasteiger charge is -2.31. The lowest BCUT2D eigenvalue weighted by Crippen LogP contribution is -2.46. The van der Waals surface area contributed by atoms with Gasteiger partial charge in [-0.25, -0.2) is 9.78 Å². The normalized spacial score (nSPS) is 23.7. The molecule has 1 fully saturated rings. The van der Waals surface area contributed by atoms with Crippen molar-refractivity contribution < 1.29 is 33.3 Å². The Morgan fingerprint density at radius 3 is 2.64 bits per heavy atom. The van der Waals surface area contributed by atoms with E-state index >= 15 is 0 Å². The number of hydrogen-bond donors (Lipinski definition) is 1. The van der Waals surface area contributed by atoms with Gasteiger partial charge in [-0.05, 0) is 31.6 Å². The van der Waals surface area contributed by atoms with Crippen molar-refractivity contribution in [1.82, 2.24) is 10.3 Å². The molecule has 0 aromatic carbocycles. The van der Waals surface area contributed by atoms with Crippen LogP contribution in [0.2, 0.25) is 0 Å². The zero-order chi connectivity index (χ0) is 24.5. The smallest absolute Gasteiger partial charge is 0.331 e. The Labute approximate surface area is 195 Å². The van der Waals surface area contributed by atoms with Crippen LogP contribution in [0.1, 0.15) is 64.4 Å². The highest BCUT2D eigenvalue weighted by Crippen LogP contribution is 2.32. The molecule has 9 heteroatoms. The van der Waals surface area contributed by atoms with Gasteiger partial charge in [-0.1, -0.05) is 27.2 Å². The fourth-order valence-electron chi connectivity index (χ4n) is 4.18. The summed E-state index contributed by atoms with van der Waals surface area (Å²) in [5.41, 5.74) is -0.174. The van der Waals surface area contributed by atoms with E-state index in [-0.39, 0.29) is 41.7 Å². The average molecular weight is 465 g/mol. The maximum Gasteiger partial charge on any atom is 0.331 e. The first-order valence-electron chi connectivity index (χ1n) is 11.5. The number of nitrogens with zero attached hydrogens (tertiary/aromatic N) is 1. The number of nitrogens with one attached hydrogen (secondary N) is 1. The number of hydrogen-bond acceptors (Lipinski definition) is 8. The van der Waals surface area contributed by atoms with Crippen molar-refractivity contribution in [3.05, 3.63) is 18.0 Å². The monoisotopic (exact) mass is 464 g/mol. The van der Waals surface area contributed by atoms with Crippen LogP contribution in [0.5, 0.6) is 11.5 Å². The summed E-state index contributed by atoms with van der Waals surface area (Å²) in [6, 6.07) is 0.440. The number of esters is 2. The number of rotatable bonds is 8. The number of cyclic esters (lactones) is 1. The number of carbonyl (C=O) groups excluding carboxylic acids is 3. The predicted octanol–water partition coefficient (Wildman–Crippen LogP) is 3.15. The molecule has 33 heavy (non-hydrogen) atoms. The van der Waals surface area contributed by atoms with E-state index in [1.807, 2.05) is 6.92 Å². The minimum atomic E-state index is -1.03. The lowest BCUT2D eigenvalue weighted by atomic mass is 9.80. The van der Waals surface area contributed by atoms with E-state index in [0.29, 0.717) is 12.5 Å². The largest absolute Gasteiger partial charge is 0.493 e. The second-order valence-electron chi connectivity index (χ2n) is 8.83. The van der Waals surface area contributed by atoms with E-state index in [1.165, 1.54) is 26.3 Å². The Bertz CT molecular complexity index is 827. The standard InChI is InChI=1S/C24H36N2O7/c1-7-8-17-12-31-13-19(24(29)32-15(4)18(17)11-14(2)3)26-23(28)21-22(33-16(5)27)20(30-6)9-10-25-21/h9-10,14-15,17-19H,7-8,11-13H2,1-6H3,(H,26,28)/t15-,17-,18-,19-/m0/s1. The van der Waals surface area contributed by atoms with Gasteiger partial charge < -0.3 is 24.3 Å². The van der Waals surface area contributed by atoms with Crippen molar-refractivity contribution in [3.8, 4) is 11.5 Å². The molecule has 0 aliphatic carbocycles. The number of carbonyl (C=O) groups is 3. The molecule has 9 nitrogen and oxygen atoms in total. The molecule has 0 unspecified atom stereocenters. The number of amides is 1. The minimum Gasteiger partial charge on any atom is -0.493 e. The molecule has 0 spiro atoms. The van der Waals surface area contributed by atoms with Gasteiger partial charge >= 0.3 is 11.9 Å². The van der Waals surface area contributed by atoms with Crippen LogP contribution >= 0.6 is 0 Å². The number of ether oxygens (including phenoxy) is 4. The van der Waals surface area contributed by atoms with Crippen LogP contribution in [0.4, 0.5) is 0 Å². The van der Waals surface area contributed by atoms with Crippen molar-refractivity contribution in [2.75, 3.05) is 20.3 Å². The summed E-state index contributed by atoms with van der Waals surface area (Å²) in [6.45, 7) is 9.99. The molecule has 2 rings (SSSR count). The number of methoxy groups -OCH3 is 1. The summed E-state index contributed by atoms with van der Waals surface area (Å²) in [4.78, 5) is 41.5. The molecule has 0 saturated carbocycles. The molecular formula is C24H36N2O7. The second-order valence-corrected chi connectivity index (χ2v) is 8.83. The van der Waals surface area contributed by atoms with Crippen LogP contribution in [0.15, 0.2) is 12.3 Å². The van der Waals surface area contributed by atoms with Crippen LogP contribution in [-0.2, 0) is 19.1 Å². The molecule has 0 radical (unpaired) electrons. The van der Waals surface area contributed by atoms with Gasteiger partial charge in [-0.15, -0.1) is 0 Å². The molecule has 1 aliphatic heterocycles. The van der Waals surface area contributed by atoms with Crippen molar-refractivity contribution in [2.45, 2.75) is 66.0 Å². The fraction of sp³-hybridized carbons (Fsp3) is 0.667. The predicted molar refractivity (Wildman–Crippen MR) is 121 cm³/mol. The van der Waals surface area contributed by atoms with Crippen molar-refractivity contribution in [3.63, 3.8) is 0 Å². The molecule has 2 heterocycles. The molecule has 1 N–H and O–H groups in total. The summed E-state index contributed by atoms with van der Waals surface area (Å²) in [6.07, 6.45) is 3.93. The Hall–Kier alpha value is -2.68. The Morgan fingerprint density at radius 1 is 1.30 bits per heavy atom. The summed E-state index contributed by atoms with van der Waals surface area (Å²) < 4.78 is 22.0. The summed E-state index contributed by atoms with van der Waals surface area (Å²) in [5.74, 6) is -0.977. The Morgan fingerprint density at radius 2 is 2.03 bits per heavy atom. The van der Waals surface area contributed by atoms with Gasteiger partial charge in [-0.2, -0.15) is 0 Å². The molecule has 4 atom stereocenters. The van der Waals surface area contributed by atoms with Gasteiger partial charge in [0.05, 0.1) is 13.7 Å². The molecular weight excluding hydrogens is 428 g/mol. The van der Waals surface area contributed by atoms with Gasteiger partial charge in [0.15, 0.2) is 17.5 Å². The quantitative estimate of drug-likeness (QED) is 0.584. The van der Waals surface area contributed by atoms with Gasteiger partial charge in [0.1, 0.15) is 6.10 Å². The second kappa shape index (κ2) is 12.5. The van der Waals surface area contributed by atoms with Crippen LogP contribution < -0.4 is 14.8 Å². The van der Waals surface area contributed by atoms with E-state index in [0.717, 1.165) is 19.3 Å². The maximum absolute atomic E-state index is 13.0. The van der Waals surface area contributed by atoms with Crippen molar-refractivity contribution in [2.24, 2.45) is 17.8 Å². The van der Waals surface area contributed by atoms with Crippen LogP contribution in [0.3, 0.4) is 0 Å². The van der Waals surface area contributed by atoms with Crippen LogP contribution in [0.25, 0.3) is 0 Å².